The van der Waals surface area contributed by atoms with Gasteiger partial charge in [-0.2, -0.15) is 5.26 Å². The Hall–Kier alpha value is -2.90. The maximum Gasteiger partial charge on any atom is 0.238 e. The lowest BCUT2D eigenvalue weighted by Gasteiger charge is -2.33. The number of sulfonamides is 1. The summed E-state index contributed by atoms with van der Waals surface area (Å²) in [7, 11) is -3.74. The average Bonchev–Trinajstić information content (AvgIpc) is 3.71. The van der Waals surface area contributed by atoms with E-state index in [9.17, 15) is 23.3 Å². The zero-order valence-electron chi connectivity index (χ0n) is 20.4. The van der Waals surface area contributed by atoms with Gasteiger partial charge in [-0.3, -0.25) is 14.3 Å². The van der Waals surface area contributed by atoms with Gasteiger partial charge in [0.25, 0.3) is 0 Å². The Morgan fingerprint density at radius 2 is 1.92 bits per heavy atom. The van der Waals surface area contributed by atoms with Crippen molar-refractivity contribution in [1.82, 2.24) is 9.71 Å². The Bertz CT molecular complexity index is 1280. The highest BCUT2D eigenvalue weighted by Crippen LogP contribution is 2.45. The smallest absolute Gasteiger partial charge is 0.238 e. The van der Waals surface area contributed by atoms with Gasteiger partial charge in [0.2, 0.25) is 15.9 Å². The summed E-state index contributed by atoms with van der Waals surface area (Å²) in [6.45, 7) is 2.86. The lowest BCUT2D eigenvalue weighted by Crippen LogP contribution is -2.43. The third-order valence-electron chi connectivity index (χ3n) is 6.83. The van der Waals surface area contributed by atoms with Gasteiger partial charge >= 0.3 is 0 Å². The molecule has 2 fully saturated rings. The molecule has 2 unspecified atom stereocenters. The summed E-state index contributed by atoms with van der Waals surface area (Å²) in [5.41, 5.74) is 1.78. The van der Waals surface area contributed by atoms with Crippen LogP contribution in [0.2, 0.25) is 0 Å². The molecule has 36 heavy (non-hydrogen) atoms. The number of carbonyl (C=O) groups excluding carboxylic acids is 2. The molecule has 1 amide bonds. The Kier molecular flexibility index (Phi) is 8.00. The minimum atomic E-state index is -3.74. The van der Waals surface area contributed by atoms with E-state index in [1.165, 1.54) is 11.8 Å². The second-order valence-electron chi connectivity index (χ2n) is 9.27. The first-order chi connectivity index (χ1) is 17.3. The summed E-state index contributed by atoms with van der Waals surface area (Å²) in [4.78, 5) is 31.9. The number of piperidine rings is 1. The van der Waals surface area contributed by atoms with Crippen LogP contribution >= 0.6 is 11.8 Å². The van der Waals surface area contributed by atoms with Crippen LogP contribution in [0.3, 0.4) is 0 Å². The number of Topliss-reactive ketones (excluding diaryl/α,β-unsaturated/α-hetero) is 1. The number of carbonyl (C=O) groups is 2. The first kappa shape index (κ1) is 26.2. The normalized spacial score (nSPS) is 20.0. The van der Waals surface area contributed by atoms with E-state index >= 15 is 0 Å². The van der Waals surface area contributed by atoms with Crippen LogP contribution in [0.1, 0.15) is 66.4 Å². The SMILES string of the molecule is CCCC(=O)c1cc(C#N)c(N2CCC(C(=O)NS(=O)(=O)C3CC3c3ccccc3)CC2)nc1SC. The molecule has 10 heteroatoms. The number of amides is 1. The first-order valence-electron chi connectivity index (χ1n) is 12.2. The number of aromatic nitrogens is 1. The Labute approximate surface area is 216 Å². The van der Waals surface area contributed by atoms with E-state index in [1.807, 2.05) is 48.4 Å². The summed E-state index contributed by atoms with van der Waals surface area (Å²) < 4.78 is 27.9. The number of ketones is 1. The summed E-state index contributed by atoms with van der Waals surface area (Å²) in [5.74, 6) is -0.496. The fourth-order valence-corrected chi connectivity index (χ4v) is 6.97. The standard InChI is InChI=1S/C26H30N4O4S2/c1-3-7-22(31)21-14-19(16-27)24(28-26(21)35-2)30-12-10-18(11-13-30)25(32)29-36(33,34)23-15-20(23)17-8-5-4-6-9-17/h4-6,8-9,14,18,20,23H,3,7,10-13,15H2,1-2H3,(H,29,32). The van der Waals surface area contributed by atoms with Crippen LogP contribution in [-0.4, -0.2) is 49.7 Å². The van der Waals surface area contributed by atoms with Crippen molar-refractivity contribution < 1.29 is 18.0 Å². The minimum absolute atomic E-state index is 0.0286. The number of nitriles is 1. The molecule has 1 aliphatic heterocycles. The third kappa shape index (κ3) is 5.57. The molecule has 1 aromatic carbocycles. The summed E-state index contributed by atoms with van der Waals surface area (Å²) >= 11 is 1.37. The van der Waals surface area contributed by atoms with Crippen LogP contribution in [0, 0.1) is 17.2 Å². The fourth-order valence-electron chi connectivity index (χ4n) is 4.75. The number of pyridine rings is 1. The molecule has 1 aliphatic carbocycles. The van der Waals surface area contributed by atoms with Crippen LogP contribution in [0.4, 0.5) is 5.82 Å². The van der Waals surface area contributed by atoms with Crippen LogP contribution in [-0.2, 0) is 14.8 Å². The van der Waals surface area contributed by atoms with Crippen molar-refractivity contribution in [1.29, 1.82) is 5.26 Å². The molecule has 2 aromatic rings. The molecule has 2 aliphatic rings. The molecule has 0 bridgehead atoms. The number of hydrogen-bond donors (Lipinski definition) is 1. The van der Waals surface area contributed by atoms with Gasteiger partial charge in [-0.05, 0) is 43.6 Å². The van der Waals surface area contributed by atoms with Gasteiger partial charge in [0.05, 0.1) is 16.4 Å². The van der Waals surface area contributed by atoms with Gasteiger partial charge in [-0.25, -0.2) is 13.4 Å². The molecule has 2 heterocycles. The van der Waals surface area contributed by atoms with Crippen molar-refractivity contribution in [3.63, 3.8) is 0 Å². The molecule has 1 saturated carbocycles. The quantitative estimate of drug-likeness (QED) is 0.386. The number of nitrogens with one attached hydrogen (secondary N) is 1. The maximum atomic E-state index is 12.8. The van der Waals surface area contributed by atoms with Crippen molar-refractivity contribution in [2.75, 3.05) is 24.2 Å². The fraction of sp³-hybridized carbons (Fsp3) is 0.462. The minimum Gasteiger partial charge on any atom is -0.355 e. The first-order valence-corrected chi connectivity index (χ1v) is 14.9. The molecular formula is C26H30N4O4S2. The third-order valence-corrected chi connectivity index (χ3v) is 9.33. The van der Waals surface area contributed by atoms with Crippen LogP contribution in [0.25, 0.3) is 0 Å². The molecule has 0 spiro atoms. The Balaban J connectivity index is 1.39. The molecule has 4 rings (SSSR count). The predicted molar refractivity (Wildman–Crippen MR) is 140 cm³/mol. The lowest BCUT2D eigenvalue weighted by atomic mass is 9.96. The largest absolute Gasteiger partial charge is 0.355 e. The van der Waals surface area contributed by atoms with Crippen LogP contribution in [0.15, 0.2) is 41.4 Å². The molecule has 190 valence electrons. The van der Waals surface area contributed by atoms with E-state index in [0.29, 0.717) is 60.7 Å². The lowest BCUT2D eigenvalue weighted by molar-refractivity contribution is -0.123. The van der Waals surface area contributed by atoms with Crippen molar-refractivity contribution in [2.45, 2.75) is 55.2 Å². The van der Waals surface area contributed by atoms with Gasteiger partial charge in [0.1, 0.15) is 16.9 Å². The average molecular weight is 527 g/mol. The van der Waals surface area contributed by atoms with Crippen LogP contribution < -0.4 is 9.62 Å². The summed E-state index contributed by atoms with van der Waals surface area (Å²) in [6.07, 6.45) is 4.38. The number of benzene rings is 1. The van der Waals surface area contributed by atoms with E-state index < -0.39 is 27.1 Å². The second kappa shape index (κ2) is 11.0. The summed E-state index contributed by atoms with van der Waals surface area (Å²) in [5, 5.41) is 9.72. The van der Waals surface area contributed by atoms with Gasteiger partial charge in [0.15, 0.2) is 5.78 Å². The van der Waals surface area contributed by atoms with Crippen molar-refractivity contribution in [3.8, 4) is 6.07 Å². The Morgan fingerprint density at radius 3 is 2.53 bits per heavy atom. The van der Waals surface area contributed by atoms with Crippen molar-refractivity contribution >= 4 is 39.3 Å². The molecular weight excluding hydrogens is 496 g/mol. The molecule has 1 N–H and O–H groups in total. The van der Waals surface area contributed by atoms with E-state index in [2.05, 4.69) is 15.8 Å². The number of thioether (sulfide) groups is 1. The van der Waals surface area contributed by atoms with Crippen molar-refractivity contribution in [2.24, 2.45) is 5.92 Å². The zero-order valence-corrected chi connectivity index (χ0v) is 22.1. The van der Waals surface area contributed by atoms with E-state index in [-0.39, 0.29) is 11.7 Å². The molecule has 2 atom stereocenters. The number of rotatable bonds is 9. The van der Waals surface area contributed by atoms with Gasteiger partial charge in [0, 0.05) is 31.3 Å². The Morgan fingerprint density at radius 1 is 1.22 bits per heavy atom. The van der Waals surface area contributed by atoms with Gasteiger partial charge < -0.3 is 4.90 Å². The van der Waals surface area contributed by atoms with Crippen molar-refractivity contribution in [3.05, 3.63) is 53.1 Å². The highest BCUT2D eigenvalue weighted by molar-refractivity contribution is 7.98. The zero-order chi connectivity index (χ0) is 25.9. The van der Waals surface area contributed by atoms with Gasteiger partial charge in [-0.15, -0.1) is 11.8 Å². The number of anilines is 1. The maximum absolute atomic E-state index is 12.8. The molecule has 1 aromatic heterocycles. The second-order valence-corrected chi connectivity index (χ2v) is 12.0. The molecule has 0 radical (unpaired) electrons. The van der Waals surface area contributed by atoms with E-state index in [0.717, 1.165) is 12.0 Å². The summed E-state index contributed by atoms with van der Waals surface area (Å²) in [6, 6.07) is 13.3. The molecule has 1 saturated heterocycles. The van der Waals surface area contributed by atoms with E-state index in [4.69, 9.17) is 0 Å². The van der Waals surface area contributed by atoms with E-state index in [1.54, 1.807) is 6.07 Å². The number of hydrogen-bond acceptors (Lipinski definition) is 8. The number of nitrogens with zero attached hydrogens (tertiary/aromatic N) is 3. The predicted octanol–water partition coefficient (Wildman–Crippen LogP) is 3.88. The topological polar surface area (TPSA) is 120 Å². The highest BCUT2D eigenvalue weighted by Gasteiger charge is 2.49. The van der Waals surface area contributed by atoms with Gasteiger partial charge in [-0.1, -0.05) is 37.3 Å². The monoisotopic (exact) mass is 526 g/mol. The van der Waals surface area contributed by atoms with Crippen LogP contribution in [0.5, 0.6) is 0 Å². The highest BCUT2D eigenvalue weighted by atomic mass is 32.2. The molecule has 8 nitrogen and oxygen atoms in total.